The third kappa shape index (κ3) is 2.71. The van der Waals surface area contributed by atoms with Crippen LogP contribution in [0.15, 0.2) is 35.3 Å². The van der Waals surface area contributed by atoms with Crippen molar-refractivity contribution in [2.75, 3.05) is 12.3 Å². The topological polar surface area (TPSA) is 93.4 Å². The first kappa shape index (κ1) is 16.9. The number of anilines is 1. The maximum atomic E-state index is 12.9. The summed E-state index contributed by atoms with van der Waals surface area (Å²) in [6.07, 6.45) is 2.46. The van der Waals surface area contributed by atoms with Crippen molar-refractivity contribution >= 4 is 28.4 Å². The van der Waals surface area contributed by atoms with Gasteiger partial charge in [-0.3, -0.25) is 14.0 Å². The summed E-state index contributed by atoms with van der Waals surface area (Å²) in [6.45, 7) is 6.33. The van der Waals surface area contributed by atoms with E-state index in [1.807, 2.05) is 26.8 Å². The lowest BCUT2D eigenvalue weighted by molar-refractivity contribution is -0.683. The molecule has 0 saturated heterocycles. The molecule has 1 atom stereocenters. The molecule has 130 valence electrons. The van der Waals surface area contributed by atoms with E-state index in [9.17, 15) is 9.59 Å². The molecule has 3 rings (SSSR count). The molecular weight excluding hydrogens is 318 g/mol. The average Bonchev–Trinajstić information content (AvgIpc) is 2.61. The normalized spacial score (nSPS) is 12.4. The van der Waals surface area contributed by atoms with Crippen LogP contribution in [0.4, 0.5) is 5.82 Å². The molecule has 1 unspecified atom stereocenters. The van der Waals surface area contributed by atoms with Crippen molar-refractivity contribution in [3.05, 3.63) is 46.4 Å². The summed E-state index contributed by atoms with van der Waals surface area (Å²) >= 11 is 0. The van der Waals surface area contributed by atoms with Crippen molar-refractivity contribution in [2.45, 2.75) is 33.2 Å². The van der Waals surface area contributed by atoms with Gasteiger partial charge in [0.1, 0.15) is 10.9 Å². The van der Waals surface area contributed by atoms with Crippen LogP contribution in [0.5, 0.6) is 0 Å². The number of hydrogen-bond donors (Lipinski definition) is 2. The van der Waals surface area contributed by atoms with E-state index in [1.165, 1.54) is 4.40 Å². The lowest BCUT2D eigenvalue weighted by Crippen LogP contribution is -2.45. The number of nitrogen functional groups attached to an aromatic ring is 1. The molecule has 0 aliphatic rings. The van der Waals surface area contributed by atoms with Crippen LogP contribution in [-0.2, 0) is 0 Å². The summed E-state index contributed by atoms with van der Waals surface area (Å²) < 4.78 is 3.26. The van der Waals surface area contributed by atoms with Crippen molar-refractivity contribution in [1.82, 2.24) is 14.7 Å². The van der Waals surface area contributed by atoms with E-state index in [2.05, 4.69) is 10.3 Å². The largest absolute Gasteiger partial charge is 0.352 e. The first-order valence-electron chi connectivity index (χ1n) is 8.42. The van der Waals surface area contributed by atoms with Gasteiger partial charge in [0.25, 0.3) is 17.1 Å². The van der Waals surface area contributed by atoms with E-state index in [0.717, 1.165) is 6.42 Å². The van der Waals surface area contributed by atoms with Crippen molar-refractivity contribution in [1.29, 1.82) is 0 Å². The van der Waals surface area contributed by atoms with Crippen LogP contribution >= 0.6 is 0 Å². The first-order valence-corrected chi connectivity index (χ1v) is 8.42. The molecule has 0 spiro atoms. The van der Waals surface area contributed by atoms with E-state index in [1.54, 1.807) is 29.0 Å². The minimum absolute atomic E-state index is 0.00469. The second-order valence-corrected chi connectivity index (χ2v) is 6.01. The van der Waals surface area contributed by atoms with E-state index in [-0.39, 0.29) is 17.5 Å². The lowest BCUT2D eigenvalue weighted by Gasteiger charge is -2.16. The van der Waals surface area contributed by atoms with Gasteiger partial charge < -0.3 is 11.1 Å². The zero-order valence-electron chi connectivity index (χ0n) is 14.6. The Morgan fingerprint density at radius 1 is 1.40 bits per heavy atom. The predicted octanol–water partition coefficient (Wildman–Crippen LogP) is 1.44. The molecule has 0 saturated carbocycles. The fourth-order valence-electron chi connectivity index (χ4n) is 2.93. The number of amides is 1. The van der Waals surface area contributed by atoms with Gasteiger partial charge in [-0.1, -0.05) is 18.0 Å². The van der Waals surface area contributed by atoms with Crippen molar-refractivity contribution in [3.63, 3.8) is 0 Å². The molecule has 3 aromatic heterocycles. The zero-order chi connectivity index (χ0) is 18.1. The Labute approximate surface area is 145 Å². The number of fused-ring (bicyclic) bond motifs is 2. The highest BCUT2D eigenvalue weighted by atomic mass is 16.1. The Morgan fingerprint density at radius 2 is 2.16 bits per heavy atom. The van der Waals surface area contributed by atoms with Gasteiger partial charge in [-0.15, -0.1) is 0 Å². The Morgan fingerprint density at radius 3 is 2.84 bits per heavy atom. The van der Waals surface area contributed by atoms with E-state index in [4.69, 9.17) is 5.73 Å². The van der Waals surface area contributed by atoms with Crippen LogP contribution < -0.4 is 21.2 Å². The van der Waals surface area contributed by atoms with Crippen molar-refractivity contribution in [3.8, 4) is 0 Å². The summed E-state index contributed by atoms with van der Waals surface area (Å²) in [4.78, 5) is 30.0. The molecule has 25 heavy (non-hydrogen) atoms. The van der Waals surface area contributed by atoms with Gasteiger partial charge in [0.15, 0.2) is 0 Å². The summed E-state index contributed by atoms with van der Waals surface area (Å²) in [5.41, 5.74) is 7.42. The molecule has 0 fully saturated rings. The Hall–Kier alpha value is -2.96. The molecule has 0 radical (unpaired) electrons. The molecule has 3 aromatic rings. The monoisotopic (exact) mass is 340 g/mol. The Balaban J connectivity index is 2.47. The van der Waals surface area contributed by atoms with Crippen LogP contribution in [0.3, 0.4) is 0 Å². The number of nitrogens with one attached hydrogen (secondary N) is 1. The van der Waals surface area contributed by atoms with Crippen LogP contribution in [0.1, 0.15) is 43.6 Å². The maximum Gasteiger partial charge on any atom is 0.278 e. The first-order chi connectivity index (χ1) is 12.0. The molecule has 7 heteroatoms. The smallest absolute Gasteiger partial charge is 0.278 e. The number of carbonyl (C=O) groups is 1. The standard InChI is InChI=1S/C18H21N5O2/c1-4-11(3)23-15(19)12(17(24)20-5-2)10-13-16(23)21-14-8-6-7-9-22(14)18(13)25/h6-11,19H,4-5H2,1-3H3,(H,20,24)/p+1. The van der Waals surface area contributed by atoms with Crippen molar-refractivity contribution < 1.29 is 9.36 Å². The SMILES string of the molecule is CCNC(=O)c1cc2c(=O)n3ccccc3nc2[n+](C(C)CC)c1N. The minimum Gasteiger partial charge on any atom is -0.352 e. The summed E-state index contributed by atoms with van der Waals surface area (Å²) in [7, 11) is 0. The average molecular weight is 340 g/mol. The van der Waals surface area contributed by atoms with Crippen LogP contribution in [0, 0.1) is 0 Å². The quantitative estimate of drug-likeness (QED) is 0.555. The summed E-state index contributed by atoms with van der Waals surface area (Å²) in [6, 6.07) is 6.91. The molecule has 3 N–H and O–H groups in total. The fraction of sp³-hybridized carbons (Fsp3) is 0.333. The zero-order valence-corrected chi connectivity index (χ0v) is 14.6. The second-order valence-electron chi connectivity index (χ2n) is 6.01. The highest BCUT2D eigenvalue weighted by Crippen LogP contribution is 2.18. The second kappa shape index (κ2) is 6.51. The Bertz CT molecular complexity index is 1030. The highest BCUT2D eigenvalue weighted by Gasteiger charge is 2.26. The molecule has 0 bridgehead atoms. The number of rotatable bonds is 4. The summed E-state index contributed by atoms with van der Waals surface area (Å²) in [5, 5.41) is 3.12. The lowest BCUT2D eigenvalue weighted by atomic mass is 10.1. The number of hydrogen-bond acceptors (Lipinski definition) is 4. The van der Waals surface area contributed by atoms with E-state index >= 15 is 0 Å². The number of aromatic nitrogens is 3. The van der Waals surface area contributed by atoms with Gasteiger partial charge in [0, 0.05) is 12.7 Å². The molecule has 0 aliphatic carbocycles. The van der Waals surface area contributed by atoms with Crippen LogP contribution in [0.2, 0.25) is 0 Å². The maximum absolute atomic E-state index is 12.9. The fourth-order valence-corrected chi connectivity index (χ4v) is 2.93. The number of nitrogens with zero attached hydrogens (tertiary/aromatic N) is 3. The van der Waals surface area contributed by atoms with E-state index < -0.39 is 0 Å². The molecule has 7 nitrogen and oxygen atoms in total. The van der Waals surface area contributed by atoms with Gasteiger partial charge in [-0.25, -0.2) is 4.57 Å². The van der Waals surface area contributed by atoms with Gasteiger partial charge in [-0.05, 0) is 38.5 Å². The summed E-state index contributed by atoms with van der Waals surface area (Å²) in [5.74, 6) is 0.0245. The van der Waals surface area contributed by atoms with Gasteiger partial charge in [-0.2, -0.15) is 0 Å². The number of carbonyl (C=O) groups excluding carboxylic acids is 1. The third-order valence-electron chi connectivity index (χ3n) is 4.41. The highest BCUT2D eigenvalue weighted by molar-refractivity contribution is 6.00. The van der Waals surface area contributed by atoms with Crippen molar-refractivity contribution in [2.24, 2.45) is 0 Å². The van der Waals surface area contributed by atoms with E-state index in [0.29, 0.717) is 34.6 Å². The number of nitrogens with two attached hydrogens (primary N) is 1. The van der Waals surface area contributed by atoms with Crippen LogP contribution in [-0.4, -0.2) is 21.8 Å². The van der Waals surface area contributed by atoms with Gasteiger partial charge in [0.05, 0.1) is 6.04 Å². The third-order valence-corrected chi connectivity index (χ3v) is 4.41. The molecular formula is C18H22N5O2+. The molecule has 0 aliphatic heterocycles. The molecule has 1 amide bonds. The molecule has 3 heterocycles. The van der Waals surface area contributed by atoms with Gasteiger partial charge in [0.2, 0.25) is 11.5 Å². The minimum atomic E-state index is -0.295. The van der Waals surface area contributed by atoms with Gasteiger partial charge >= 0.3 is 0 Å². The molecule has 0 aromatic carbocycles. The predicted molar refractivity (Wildman–Crippen MR) is 96.6 cm³/mol. The van der Waals surface area contributed by atoms with Crippen LogP contribution in [0.25, 0.3) is 16.7 Å². The Kier molecular flexibility index (Phi) is 4.39. The number of pyridine rings is 2.